The van der Waals surface area contributed by atoms with Crippen LogP contribution in [0.15, 0.2) is 5.11 Å². The van der Waals surface area contributed by atoms with Gasteiger partial charge in [-0.15, -0.1) is 0 Å². The number of methoxy groups -OCH3 is 2. The SMILES string of the molecule is COCO[C@H]1[C@H]([C@@H](O)[C@@H](O)[C@@H](O)CO)O[C@@H](O[Si](C)(C)C(C)(C)C)[C@H](N=[N+]=[N-])[C@@H]1OCOC. The molecule has 33 heavy (non-hydrogen) atoms. The first-order chi connectivity index (χ1) is 15.4. The van der Waals surface area contributed by atoms with Gasteiger partial charge in [0.25, 0.3) is 0 Å². The number of azide groups is 1. The number of ether oxygens (including phenoxy) is 5. The summed E-state index contributed by atoms with van der Waals surface area (Å²) in [5.41, 5.74) is 9.22. The molecule has 0 spiro atoms. The van der Waals surface area contributed by atoms with E-state index in [4.69, 9.17) is 28.1 Å². The molecule has 1 aliphatic rings. The van der Waals surface area contributed by atoms with Crippen molar-refractivity contribution in [2.45, 2.75) is 87.9 Å². The van der Waals surface area contributed by atoms with Crippen LogP contribution in [-0.2, 0) is 28.1 Å². The van der Waals surface area contributed by atoms with E-state index in [-0.39, 0.29) is 18.6 Å². The van der Waals surface area contributed by atoms with E-state index in [1.807, 2.05) is 33.9 Å². The summed E-state index contributed by atoms with van der Waals surface area (Å²) in [5.74, 6) is 0. The molecule has 1 fully saturated rings. The second kappa shape index (κ2) is 13.3. The quantitative estimate of drug-likeness (QED) is 0.0916. The zero-order valence-electron chi connectivity index (χ0n) is 20.3. The second-order valence-corrected chi connectivity index (χ2v) is 14.1. The molecule has 0 radical (unpaired) electrons. The average molecular weight is 498 g/mol. The highest BCUT2D eigenvalue weighted by atomic mass is 28.4. The van der Waals surface area contributed by atoms with E-state index >= 15 is 0 Å². The van der Waals surface area contributed by atoms with Crippen LogP contribution < -0.4 is 0 Å². The Bertz CT molecular complexity index is 631. The number of nitrogens with zero attached hydrogens (tertiary/aromatic N) is 3. The van der Waals surface area contributed by atoms with Crippen molar-refractivity contribution in [3.8, 4) is 0 Å². The normalized spacial score (nSPS) is 29.2. The summed E-state index contributed by atoms with van der Waals surface area (Å²) >= 11 is 0. The van der Waals surface area contributed by atoms with Crippen LogP contribution in [0, 0.1) is 0 Å². The maximum Gasteiger partial charge on any atom is 0.195 e. The Morgan fingerprint density at radius 1 is 1.06 bits per heavy atom. The molecule has 0 aromatic carbocycles. The molecular formula is C19H39N3O10Si. The lowest BCUT2D eigenvalue weighted by atomic mass is 9.90. The predicted molar refractivity (Wildman–Crippen MR) is 118 cm³/mol. The van der Waals surface area contributed by atoms with Gasteiger partial charge in [-0.3, -0.25) is 0 Å². The summed E-state index contributed by atoms with van der Waals surface area (Å²) in [6.45, 7) is 8.76. The highest BCUT2D eigenvalue weighted by Gasteiger charge is 2.54. The van der Waals surface area contributed by atoms with Crippen molar-refractivity contribution >= 4 is 8.32 Å². The van der Waals surface area contributed by atoms with Gasteiger partial charge in [-0.1, -0.05) is 25.9 Å². The van der Waals surface area contributed by atoms with Gasteiger partial charge >= 0.3 is 0 Å². The average Bonchev–Trinajstić information content (AvgIpc) is 2.75. The zero-order valence-corrected chi connectivity index (χ0v) is 21.3. The van der Waals surface area contributed by atoms with Crippen LogP contribution in [0.1, 0.15) is 20.8 Å². The number of aliphatic hydroxyl groups excluding tert-OH is 4. The lowest BCUT2D eigenvalue weighted by molar-refractivity contribution is -0.300. The van der Waals surface area contributed by atoms with E-state index in [1.54, 1.807) is 0 Å². The zero-order chi connectivity index (χ0) is 25.4. The van der Waals surface area contributed by atoms with Crippen molar-refractivity contribution in [2.75, 3.05) is 34.4 Å². The van der Waals surface area contributed by atoms with E-state index in [1.165, 1.54) is 14.2 Å². The Hall–Kier alpha value is -0.873. The van der Waals surface area contributed by atoms with Gasteiger partial charge in [0, 0.05) is 19.1 Å². The van der Waals surface area contributed by atoms with E-state index < -0.39 is 63.9 Å². The first-order valence-electron chi connectivity index (χ1n) is 10.6. The molecule has 0 aromatic rings. The Balaban J connectivity index is 3.48. The van der Waals surface area contributed by atoms with Crippen molar-refractivity contribution < 1.29 is 48.5 Å². The topological polar surface area (TPSA) is 185 Å². The molecule has 0 saturated carbocycles. The molecule has 13 nitrogen and oxygen atoms in total. The molecule has 1 aliphatic heterocycles. The van der Waals surface area contributed by atoms with E-state index in [0.717, 1.165) is 0 Å². The van der Waals surface area contributed by atoms with Crippen LogP contribution in [0.25, 0.3) is 10.4 Å². The van der Waals surface area contributed by atoms with Crippen molar-refractivity contribution in [3.63, 3.8) is 0 Å². The Morgan fingerprint density at radius 2 is 1.61 bits per heavy atom. The minimum Gasteiger partial charge on any atom is -0.394 e. The van der Waals surface area contributed by atoms with Gasteiger partial charge in [-0.25, -0.2) is 0 Å². The summed E-state index contributed by atoms with van der Waals surface area (Å²) in [5, 5.41) is 43.9. The summed E-state index contributed by atoms with van der Waals surface area (Å²) in [4.78, 5) is 2.91. The van der Waals surface area contributed by atoms with Gasteiger partial charge in [0.2, 0.25) is 0 Å². The largest absolute Gasteiger partial charge is 0.394 e. The lowest BCUT2D eigenvalue weighted by Gasteiger charge is -2.49. The predicted octanol–water partition coefficient (Wildman–Crippen LogP) is 0.465. The fourth-order valence-electron chi connectivity index (χ4n) is 3.07. The second-order valence-electron chi connectivity index (χ2n) is 9.35. The molecule has 1 rings (SSSR count). The van der Waals surface area contributed by atoms with E-state index in [9.17, 15) is 26.0 Å². The first-order valence-corrected chi connectivity index (χ1v) is 13.5. The fraction of sp³-hybridized carbons (Fsp3) is 1.00. The highest BCUT2D eigenvalue weighted by Crippen LogP contribution is 2.40. The van der Waals surface area contributed by atoms with Gasteiger partial charge in [0.1, 0.15) is 56.3 Å². The molecule has 0 amide bonds. The molecule has 0 bridgehead atoms. The summed E-state index contributed by atoms with van der Waals surface area (Å²) in [6.07, 6.45) is -9.76. The number of rotatable bonds is 13. The minimum absolute atomic E-state index is 0.202. The van der Waals surface area contributed by atoms with Crippen molar-refractivity contribution in [3.05, 3.63) is 10.4 Å². The molecule has 1 saturated heterocycles. The van der Waals surface area contributed by atoms with Gasteiger partial charge in [0.05, 0.1) is 6.61 Å². The smallest absolute Gasteiger partial charge is 0.195 e. The molecule has 1 heterocycles. The van der Waals surface area contributed by atoms with E-state index in [2.05, 4.69) is 10.0 Å². The molecule has 14 heteroatoms. The van der Waals surface area contributed by atoms with Crippen molar-refractivity contribution in [2.24, 2.45) is 5.11 Å². The third kappa shape index (κ3) is 7.82. The lowest BCUT2D eigenvalue weighted by Crippen LogP contribution is -2.66. The van der Waals surface area contributed by atoms with Gasteiger partial charge < -0.3 is 48.5 Å². The molecule has 4 N–H and O–H groups in total. The summed E-state index contributed by atoms with van der Waals surface area (Å²) in [7, 11) is 0.309. The molecule has 0 aromatic heterocycles. The van der Waals surface area contributed by atoms with Crippen LogP contribution in [0.3, 0.4) is 0 Å². The summed E-state index contributed by atoms with van der Waals surface area (Å²) in [6, 6.07) is -1.04. The van der Waals surface area contributed by atoms with Crippen LogP contribution in [0.5, 0.6) is 0 Å². The van der Waals surface area contributed by atoms with E-state index in [0.29, 0.717) is 0 Å². The molecule has 0 unspecified atom stereocenters. The van der Waals surface area contributed by atoms with Gasteiger partial charge in [-0.05, 0) is 23.7 Å². The van der Waals surface area contributed by atoms with Crippen LogP contribution in [-0.4, -0.2) is 112 Å². The molecule has 194 valence electrons. The Morgan fingerprint density at radius 3 is 2.06 bits per heavy atom. The van der Waals surface area contributed by atoms with Gasteiger partial charge in [0.15, 0.2) is 14.6 Å². The summed E-state index contributed by atoms with van der Waals surface area (Å²) < 4.78 is 33.8. The Labute approximate surface area is 195 Å². The number of hydrogen-bond donors (Lipinski definition) is 4. The highest BCUT2D eigenvalue weighted by molar-refractivity contribution is 6.74. The van der Waals surface area contributed by atoms with Crippen molar-refractivity contribution in [1.29, 1.82) is 0 Å². The van der Waals surface area contributed by atoms with Crippen molar-refractivity contribution in [1.82, 2.24) is 0 Å². The first kappa shape index (κ1) is 30.2. The molecular weight excluding hydrogens is 458 g/mol. The van der Waals surface area contributed by atoms with Crippen LogP contribution in [0.4, 0.5) is 0 Å². The fourth-order valence-corrected chi connectivity index (χ4v) is 4.20. The van der Waals surface area contributed by atoms with Crippen LogP contribution >= 0.6 is 0 Å². The molecule has 0 aliphatic carbocycles. The van der Waals surface area contributed by atoms with Crippen LogP contribution in [0.2, 0.25) is 18.1 Å². The molecule has 8 atom stereocenters. The number of hydrogen-bond acceptors (Lipinski definition) is 11. The maximum atomic E-state index is 10.8. The third-order valence-electron chi connectivity index (χ3n) is 5.98. The monoisotopic (exact) mass is 497 g/mol. The minimum atomic E-state index is -2.49. The number of aliphatic hydroxyl groups is 4. The third-order valence-corrected chi connectivity index (χ3v) is 10.4. The maximum absolute atomic E-state index is 10.8. The Kier molecular flexibility index (Phi) is 12.1. The standard InChI is InChI=1S/C19H39N3O10Si/c1-19(2,3)33(6,7)32-18-12(21-22-20)15(29-9-27-4)17(30-10-28-5)16(31-18)14(26)13(25)11(24)8-23/h11-18,23-26H,8-10H2,1-7H3/t11-,12+,13-,14-,15-,16-,17+,18-/m0/s1. The van der Waals surface area contributed by atoms with Gasteiger partial charge in [-0.2, -0.15) is 0 Å².